The van der Waals surface area contributed by atoms with Crippen LogP contribution in [-0.2, 0) is 18.3 Å². The minimum absolute atomic E-state index is 0.0568. The molecule has 0 radical (unpaired) electrons. The second-order valence-corrected chi connectivity index (χ2v) is 4.27. The Hall–Kier alpha value is -2.17. The maximum absolute atomic E-state index is 11.0. The molecular formula is C13H14N2O3. The molecule has 0 aliphatic rings. The lowest BCUT2D eigenvalue weighted by Crippen LogP contribution is -2.02. The van der Waals surface area contributed by atoms with Crippen LogP contribution in [0.1, 0.15) is 29.5 Å². The molecule has 2 aromatic rings. The Kier molecular flexibility index (Phi) is 3.14. The summed E-state index contributed by atoms with van der Waals surface area (Å²) in [6, 6.07) is 3.11. The van der Waals surface area contributed by atoms with Crippen molar-refractivity contribution in [1.82, 2.24) is 9.55 Å². The molecule has 1 heterocycles. The molecule has 18 heavy (non-hydrogen) atoms. The van der Waals surface area contributed by atoms with Crippen LogP contribution in [0.3, 0.4) is 0 Å². The van der Waals surface area contributed by atoms with Gasteiger partial charge in [-0.3, -0.25) is 4.79 Å². The number of Topliss-reactive ketones (excluding diaryl/α,β-unsaturated/α-hetero) is 1. The van der Waals surface area contributed by atoms with Crippen molar-refractivity contribution in [1.29, 1.82) is 0 Å². The summed E-state index contributed by atoms with van der Waals surface area (Å²) in [6.45, 7) is 1.53. The number of imidazole rings is 1. The molecule has 1 aromatic carbocycles. The molecule has 2 rings (SSSR count). The molecule has 0 unspecified atom stereocenters. The van der Waals surface area contributed by atoms with E-state index in [1.807, 2.05) is 0 Å². The third-order valence-electron chi connectivity index (χ3n) is 2.96. The minimum Gasteiger partial charge on any atom is -0.507 e. The number of carbonyl (C=O) groups is 2. The van der Waals surface area contributed by atoms with Crippen LogP contribution in [0.25, 0.3) is 11.0 Å². The fourth-order valence-corrected chi connectivity index (χ4v) is 2.00. The summed E-state index contributed by atoms with van der Waals surface area (Å²) in [5.41, 5.74) is 1.48. The summed E-state index contributed by atoms with van der Waals surface area (Å²) >= 11 is 0. The van der Waals surface area contributed by atoms with Gasteiger partial charge in [0, 0.05) is 19.9 Å². The van der Waals surface area contributed by atoms with Gasteiger partial charge in [-0.15, -0.1) is 0 Å². The number of hydrogen-bond acceptors (Lipinski definition) is 4. The molecule has 0 spiro atoms. The van der Waals surface area contributed by atoms with Crippen LogP contribution in [0.15, 0.2) is 12.1 Å². The zero-order valence-corrected chi connectivity index (χ0v) is 10.3. The van der Waals surface area contributed by atoms with Gasteiger partial charge in [-0.05, 0) is 19.1 Å². The SMILES string of the molecule is CC(=O)CCc1nc2ccc(O)c(C=O)c2n1C. The third kappa shape index (κ3) is 1.99. The highest BCUT2D eigenvalue weighted by molar-refractivity contribution is 5.97. The predicted molar refractivity (Wildman–Crippen MR) is 66.8 cm³/mol. The van der Waals surface area contributed by atoms with E-state index in [4.69, 9.17) is 0 Å². The van der Waals surface area contributed by atoms with Crippen LogP contribution in [-0.4, -0.2) is 26.7 Å². The summed E-state index contributed by atoms with van der Waals surface area (Å²) in [6.07, 6.45) is 1.56. The molecular weight excluding hydrogens is 232 g/mol. The zero-order valence-electron chi connectivity index (χ0n) is 10.3. The number of aldehydes is 1. The Labute approximate surface area is 104 Å². The largest absolute Gasteiger partial charge is 0.507 e. The molecule has 0 fully saturated rings. The maximum atomic E-state index is 11.0. The predicted octanol–water partition coefficient (Wildman–Crippen LogP) is 1.61. The zero-order chi connectivity index (χ0) is 13.3. The number of aromatic hydroxyl groups is 1. The second kappa shape index (κ2) is 4.60. The van der Waals surface area contributed by atoms with E-state index in [-0.39, 0.29) is 17.1 Å². The van der Waals surface area contributed by atoms with E-state index in [1.165, 1.54) is 13.0 Å². The number of phenols is 1. The van der Waals surface area contributed by atoms with Crippen molar-refractivity contribution in [2.24, 2.45) is 7.05 Å². The highest BCUT2D eigenvalue weighted by Crippen LogP contribution is 2.26. The van der Waals surface area contributed by atoms with E-state index in [9.17, 15) is 14.7 Å². The Morgan fingerprint density at radius 2 is 2.22 bits per heavy atom. The molecule has 0 amide bonds. The number of rotatable bonds is 4. The van der Waals surface area contributed by atoms with Crippen molar-refractivity contribution >= 4 is 23.1 Å². The normalized spacial score (nSPS) is 10.8. The molecule has 0 saturated carbocycles. The first-order valence-electron chi connectivity index (χ1n) is 5.66. The van der Waals surface area contributed by atoms with Crippen LogP contribution in [0.2, 0.25) is 0 Å². The van der Waals surface area contributed by atoms with Gasteiger partial charge in [-0.1, -0.05) is 0 Å². The molecule has 0 aliphatic carbocycles. The Balaban J connectivity index is 2.56. The number of carbonyl (C=O) groups excluding carboxylic acids is 2. The molecule has 94 valence electrons. The van der Waals surface area contributed by atoms with Gasteiger partial charge >= 0.3 is 0 Å². The number of benzene rings is 1. The lowest BCUT2D eigenvalue weighted by atomic mass is 10.2. The Bertz CT molecular complexity index is 629. The van der Waals surface area contributed by atoms with Crippen LogP contribution in [0.5, 0.6) is 5.75 Å². The first kappa shape index (κ1) is 12.3. The second-order valence-electron chi connectivity index (χ2n) is 4.27. The van der Waals surface area contributed by atoms with Gasteiger partial charge in [-0.2, -0.15) is 0 Å². The van der Waals surface area contributed by atoms with Crippen molar-refractivity contribution in [3.63, 3.8) is 0 Å². The summed E-state index contributed by atoms with van der Waals surface area (Å²) in [5, 5.41) is 9.63. The first-order valence-corrected chi connectivity index (χ1v) is 5.66. The van der Waals surface area contributed by atoms with Gasteiger partial charge in [0.25, 0.3) is 0 Å². The van der Waals surface area contributed by atoms with E-state index >= 15 is 0 Å². The number of ketones is 1. The standard InChI is InChI=1S/C13H14N2O3/c1-8(17)3-6-12-14-10-4-5-11(18)9(7-16)13(10)15(12)2/h4-5,7,18H,3,6H2,1-2H3. The van der Waals surface area contributed by atoms with Gasteiger partial charge in [0.15, 0.2) is 6.29 Å². The smallest absolute Gasteiger partial charge is 0.155 e. The quantitative estimate of drug-likeness (QED) is 0.832. The van der Waals surface area contributed by atoms with Crippen molar-refractivity contribution in [3.8, 4) is 5.75 Å². The molecule has 0 bridgehead atoms. The summed E-state index contributed by atoms with van der Waals surface area (Å²) in [5.74, 6) is 0.771. The summed E-state index contributed by atoms with van der Waals surface area (Å²) in [7, 11) is 1.78. The lowest BCUT2D eigenvalue weighted by molar-refractivity contribution is -0.117. The fourth-order valence-electron chi connectivity index (χ4n) is 2.00. The number of aryl methyl sites for hydroxylation is 2. The molecule has 0 saturated heterocycles. The molecule has 0 atom stereocenters. The third-order valence-corrected chi connectivity index (χ3v) is 2.96. The average Bonchev–Trinajstić information content (AvgIpc) is 2.64. The van der Waals surface area contributed by atoms with Crippen LogP contribution in [0, 0.1) is 0 Å². The first-order chi connectivity index (χ1) is 8.54. The van der Waals surface area contributed by atoms with Gasteiger partial charge in [-0.25, -0.2) is 4.98 Å². The van der Waals surface area contributed by atoms with E-state index in [0.717, 1.165) is 5.82 Å². The fraction of sp³-hybridized carbons (Fsp3) is 0.308. The molecule has 0 aliphatic heterocycles. The average molecular weight is 246 g/mol. The minimum atomic E-state index is -0.0568. The van der Waals surface area contributed by atoms with Gasteiger partial charge in [0.2, 0.25) is 0 Å². The number of phenolic OH excluding ortho intramolecular Hbond substituents is 1. The van der Waals surface area contributed by atoms with E-state index < -0.39 is 0 Å². The van der Waals surface area contributed by atoms with Crippen molar-refractivity contribution < 1.29 is 14.7 Å². The van der Waals surface area contributed by atoms with Crippen LogP contribution < -0.4 is 0 Å². The number of hydrogen-bond donors (Lipinski definition) is 1. The molecule has 5 nitrogen and oxygen atoms in total. The Morgan fingerprint density at radius 1 is 1.50 bits per heavy atom. The number of fused-ring (bicyclic) bond motifs is 1. The highest BCUT2D eigenvalue weighted by Gasteiger charge is 2.14. The van der Waals surface area contributed by atoms with E-state index in [0.29, 0.717) is 30.2 Å². The maximum Gasteiger partial charge on any atom is 0.155 e. The van der Waals surface area contributed by atoms with Crippen LogP contribution in [0.4, 0.5) is 0 Å². The molecule has 5 heteroatoms. The van der Waals surface area contributed by atoms with Crippen molar-refractivity contribution in [2.45, 2.75) is 19.8 Å². The van der Waals surface area contributed by atoms with Crippen LogP contribution >= 0.6 is 0 Å². The highest BCUT2D eigenvalue weighted by atomic mass is 16.3. The number of nitrogens with zero attached hydrogens (tertiary/aromatic N) is 2. The monoisotopic (exact) mass is 246 g/mol. The van der Waals surface area contributed by atoms with E-state index in [1.54, 1.807) is 17.7 Å². The lowest BCUT2D eigenvalue weighted by Gasteiger charge is -2.03. The number of aromatic nitrogens is 2. The van der Waals surface area contributed by atoms with Crippen molar-refractivity contribution in [3.05, 3.63) is 23.5 Å². The van der Waals surface area contributed by atoms with Crippen molar-refractivity contribution in [2.75, 3.05) is 0 Å². The molecule has 1 aromatic heterocycles. The van der Waals surface area contributed by atoms with Gasteiger partial charge in [0.1, 0.15) is 17.4 Å². The summed E-state index contributed by atoms with van der Waals surface area (Å²) in [4.78, 5) is 26.4. The van der Waals surface area contributed by atoms with Gasteiger partial charge < -0.3 is 14.5 Å². The molecule has 1 N–H and O–H groups in total. The Morgan fingerprint density at radius 3 is 2.83 bits per heavy atom. The van der Waals surface area contributed by atoms with E-state index in [2.05, 4.69) is 4.98 Å². The summed E-state index contributed by atoms with van der Waals surface area (Å²) < 4.78 is 1.75. The van der Waals surface area contributed by atoms with Gasteiger partial charge in [0.05, 0.1) is 16.6 Å². The topological polar surface area (TPSA) is 72.2 Å².